The van der Waals surface area contributed by atoms with Crippen molar-refractivity contribution >= 4 is 15.9 Å². The number of benzene rings is 1. The summed E-state index contributed by atoms with van der Waals surface area (Å²) in [7, 11) is 0. The van der Waals surface area contributed by atoms with Crippen LogP contribution in [0.3, 0.4) is 0 Å². The average molecular weight is 314 g/mol. The Bertz CT molecular complexity index is 422. The largest absolute Gasteiger partial charge is 0.493 e. The fourth-order valence-electron chi connectivity index (χ4n) is 2.46. The SMILES string of the molecule is CCC(CN)(CO)Cc1cc(Br)cc2c1OCC2. The normalized spacial score (nSPS) is 17.1. The Morgan fingerprint density at radius 1 is 1.50 bits per heavy atom. The molecule has 1 heterocycles. The van der Waals surface area contributed by atoms with Crippen LogP contribution in [-0.4, -0.2) is 24.9 Å². The summed E-state index contributed by atoms with van der Waals surface area (Å²) in [6.07, 6.45) is 2.59. The zero-order chi connectivity index (χ0) is 13.2. The zero-order valence-electron chi connectivity index (χ0n) is 10.7. The minimum absolute atomic E-state index is 0.112. The lowest BCUT2D eigenvalue weighted by molar-refractivity contribution is 0.126. The van der Waals surface area contributed by atoms with Gasteiger partial charge in [0.05, 0.1) is 13.2 Å². The van der Waals surface area contributed by atoms with Gasteiger partial charge in [-0.1, -0.05) is 22.9 Å². The summed E-state index contributed by atoms with van der Waals surface area (Å²) in [6, 6.07) is 4.20. The number of fused-ring (bicyclic) bond motifs is 1. The molecule has 3 nitrogen and oxygen atoms in total. The molecule has 0 spiro atoms. The van der Waals surface area contributed by atoms with Crippen LogP contribution >= 0.6 is 15.9 Å². The van der Waals surface area contributed by atoms with Crippen molar-refractivity contribution in [1.29, 1.82) is 0 Å². The van der Waals surface area contributed by atoms with E-state index in [1.807, 2.05) is 0 Å². The van der Waals surface area contributed by atoms with Crippen molar-refractivity contribution < 1.29 is 9.84 Å². The van der Waals surface area contributed by atoms with Crippen LogP contribution in [0.1, 0.15) is 24.5 Å². The number of hydrogen-bond donors (Lipinski definition) is 2. The first kappa shape index (κ1) is 13.8. The van der Waals surface area contributed by atoms with E-state index in [0.717, 1.165) is 41.7 Å². The molecule has 18 heavy (non-hydrogen) atoms. The van der Waals surface area contributed by atoms with Crippen LogP contribution in [-0.2, 0) is 12.8 Å². The molecule has 1 aromatic rings. The van der Waals surface area contributed by atoms with Crippen molar-refractivity contribution in [2.24, 2.45) is 11.1 Å². The van der Waals surface area contributed by atoms with Crippen LogP contribution in [0.5, 0.6) is 5.75 Å². The molecule has 1 aliphatic heterocycles. The van der Waals surface area contributed by atoms with Crippen molar-refractivity contribution in [3.05, 3.63) is 27.7 Å². The minimum Gasteiger partial charge on any atom is -0.493 e. The van der Waals surface area contributed by atoms with Crippen LogP contribution in [0.25, 0.3) is 0 Å². The highest BCUT2D eigenvalue weighted by molar-refractivity contribution is 9.10. The molecule has 3 N–H and O–H groups in total. The lowest BCUT2D eigenvalue weighted by Gasteiger charge is -2.29. The molecular formula is C14H20BrNO2. The fourth-order valence-corrected chi connectivity index (χ4v) is 3.01. The first-order valence-electron chi connectivity index (χ1n) is 6.39. The summed E-state index contributed by atoms with van der Waals surface area (Å²) in [5, 5.41) is 9.62. The lowest BCUT2D eigenvalue weighted by Crippen LogP contribution is -2.36. The van der Waals surface area contributed by atoms with Gasteiger partial charge in [0.15, 0.2) is 0 Å². The fraction of sp³-hybridized carbons (Fsp3) is 0.571. The molecule has 100 valence electrons. The summed E-state index contributed by atoms with van der Waals surface area (Å²) in [6.45, 7) is 3.42. The molecule has 0 amide bonds. The van der Waals surface area contributed by atoms with Gasteiger partial charge in [0, 0.05) is 22.9 Å². The molecule has 1 unspecified atom stereocenters. The maximum atomic E-state index is 9.62. The van der Waals surface area contributed by atoms with Gasteiger partial charge in [0.25, 0.3) is 0 Å². The minimum atomic E-state index is -0.236. The molecule has 0 bridgehead atoms. The molecule has 1 atom stereocenters. The Kier molecular flexibility index (Phi) is 4.30. The third kappa shape index (κ3) is 2.56. The highest BCUT2D eigenvalue weighted by Crippen LogP contribution is 2.37. The van der Waals surface area contributed by atoms with Crippen LogP contribution in [0.4, 0.5) is 0 Å². The highest BCUT2D eigenvalue weighted by Gasteiger charge is 2.29. The Hall–Kier alpha value is -0.580. The standard InChI is InChI=1S/C14H20BrNO2/c1-2-14(8-16,9-17)7-11-6-12(15)5-10-3-4-18-13(10)11/h5-6,17H,2-4,7-9,16H2,1H3. The van der Waals surface area contributed by atoms with Crippen molar-refractivity contribution in [2.45, 2.75) is 26.2 Å². The van der Waals surface area contributed by atoms with Crippen LogP contribution < -0.4 is 10.5 Å². The Morgan fingerprint density at radius 3 is 2.89 bits per heavy atom. The topological polar surface area (TPSA) is 55.5 Å². The third-order valence-corrected chi connectivity index (χ3v) is 4.37. The molecule has 0 radical (unpaired) electrons. The molecule has 0 saturated heterocycles. The van der Waals surface area contributed by atoms with E-state index in [0.29, 0.717) is 6.54 Å². The summed E-state index contributed by atoms with van der Waals surface area (Å²) < 4.78 is 6.79. The average Bonchev–Trinajstić information content (AvgIpc) is 2.84. The molecule has 0 fully saturated rings. The molecule has 1 aromatic carbocycles. The molecule has 0 saturated carbocycles. The molecular weight excluding hydrogens is 294 g/mol. The summed E-state index contributed by atoms with van der Waals surface area (Å²) in [5.74, 6) is 0.998. The zero-order valence-corrected chi connectivity index (χ0v) is 12.3. The van der Waals surface area contributed by atoms with Crippen molar-refractivity contribution in [1.82, 2.24) is 0 Å². The van der Waals surface area contributed by atoms with Crippen LogP contribution in [0.2, 0.25) is 0 Å². The number of hydrogen-bond acceptors (Lipinski definition) is 3. The van der Waals surface area contributed by atoms with Gasteiger partial charge < -0.3 is 15.6 Å². The van der Waals surface area contributed by atoms with E-state index in [2.05, 4.69) is 35.0 Å². The van der Waals surface area contributed by atoms with Gasteiger partial charge in [0.1, 0.15) is 5.75 Å². The van der Waals surface area contributed by atoms with Crippen LogP contribution in [0.15, 0.2) is 16.6 Å². The first-order valence-corrected chi connectivity index (χ1v) is 7.18. The number of rotatable bonds is 5. The van der Waals surface area contributed by atoms with Gasteiger partial charge in [0.2, 0.25) is 0 Å². The number of aliphatic hydroxyl groups excluding tert-OH is 1. The number of nitrogens with two attached hydrogens (primary N) is 1. The number of aliphatic hydroxyl groups is 1. The summed E-state index contributed by atoms with van der Waals surface area (Å²) in [4.78, 5) is 0. The molecule has 0 aromatic heterocycles. The van der Waals surface area contributed by atoms with E-state index in [1.165, 1.54) is 5.56 Å². The molecule has 0 aliphatic carbocycles. The Morgan fingerprint density at radius 2 is 2.28 bits per heavy atom. The third-order valence-electron chi connectivity index (χ3n) is 3.91. The van der Waals surface area contributed by atoms with Gasteiger partial charge >= 0.3 is 0 Å². The smallest absolute Gasteiger partial charge is 0.125 e. The molecule has 1 aliphatic rings. The Balaban J connectivity index is 2.34. The number of ether oxygens (including phenoxy) is 1. The van der Waals surface area contributed by atoms with Crippen molar-refractivity contribution in [2.75, 3.05) is 19.8 Å². The van der Waals surface area contributed by atoms with E-state index in [9.17, 15) is 5.11 Å². The second kappa shape index (κ2) is 5.59. The quantitative estimate of drug-likeness (QED) is 0.877. The predicted octanol–water partition coefficient (Wildman–Crippen LogP) is 2.27. The second-order valence-electron chi connectivity index (χ2n) is 5.04. The summed E-state index contributed by atoms with van der Waals surface area (Å²) in [5.41, 5.74) is 8.01. The van der Waals surface area contributed by atoms with E-state index in [1.54, 1.807) is 0 Å². The summed E-state index contributed by atoms with van der Waals surface area (Å²) >= 11 is 3.54. The van der Waals surface area contributed by atoms with E-state index < -0.39 is 0 Å². The van der Waals surface area contributed by atoms with Crippen molar-refractivity contribution in [3.63, 3.8) is 0 Å². The maximum absolute atomic E-state index is 9.62. The van der Waals surface area contributed by atoms with Gasteiger partial charge in [-0.15, -0.1) is 0 Å². The van der Waals surface area contributed by atoms with Crippen molar-refractivity contribution in [3.8, 4) is 5.75 Å². The highest BCUT2D eigenvalue weighted by atomic mass is 79.9. The van der Waals surface area contributed by atoms with Gasteiger partial charge in [-0.3, -0.25) is 0 Å². The van der Waals surface area contributed by atoms with Gasteiger partial charge in [-0.05, 0) is 36.1 Å². The van der Waals surface area contributed by atoms with E-state index in [-0.39, 0.29) is 12.0 Å². The van der Waals surface area contributed by atoms with Gasteiger partial charge in [-0.25, -0.2) is 0 Å². The monoisotopic (exact) mass is 313 g/mol. The van der Waals surface area contributed by atoms with E-state index >= 15 is 0 Å². The second-order valence-corrected chi connectivity index (χ2v) is 5.96. The first-order chi connectivity index (χ1) is 8.64. The Labute approximate surface area is 116 Å². The van der Waals surface area contributed by atoms with Gasteiger partial charge in [-0.2, -0.15) is 0 Å². The maximum Gasteiger partial charge on any atom is 0.125 e. The molecule has 4 heteroatoms. The predicted molar refractivity (Wildman–Crippen MR) is 75.9 cm³/mol. The van der Waals surface area contributed by atoms with E-state index in [4.69, 9.17) is 10.5 Å². The number of halogens is 1. The lowest BCUT2D eigenvalue weighted by atomic mass is 9.79. The van der Waals surface area contributed by atoms with Crippen LogP contribution in [0, 0.1) is 5.41 Å². The molecule has 2 rings (SSSR count).